The van der Waals surface area contributed by atoms with Crippen molar-refractivity contribution in [3.8, 4) is 11.5 Å². The second-order valence-corrected chi connectivity index (χ2v) is 5.29. The summed E-state index contributed by atoms with van der Waals surface area (Å²) in [6.45, 7) is 3.60. The van der Waals surface area contributed by atoms with Crippen LogP contribution in [0, 0.1) is 6.92 Å². The number of methoxy groups -OCH3 is 1. The molecule has 4 nitrogen and oxygen atoms in total. The first-order valence-electron chi connectivity index (χ1n) is 6.88. The van der Waals surface area contributed by atoms with Crippen LogP contribution in [0.15, 0.2) is 42.5 Å². The molecule has 2 rings (SSSR count). The minimum Gasteiger partial charge on any atom is -0.495 e. The van der Waals surface area contributed by atoms with Crippen LogP contribution in [0.25, 0.3) is 0 Å². The van der Waals surface area contributed by atoms with E-state index in [-0.39, 0.29) is 5.91 Å². The van der Waals surface area contributed by atoms with Crippen LogP contribution in [0.1, 0.15) is 12.5 Å². The molecule has 0 aliphatic rings. The Morgan fingerprint density at radius 2 is 1.91 bits per heavy atom. The average Bonchev–Trinajstić information content (AvgIpc) is 2.51. The zero-order chi connectivity index (χ0) is 16.1. The average molecular weight is 320 g/mol. The Morgan fingerprint density at radius 3 is 2.64 bits per heavy atom. The molecule has 0 aliphatic carbocycles. The molecule has 0 aromatic heterocycles. The third-order valence-electron chi connectivity index (χ3n) is 3.12. The molecule has 0 bridgehead atoms. The van der Waals surface area contributed by atoms with Gasteiger partial charge in [-0.2, -0.15) is 0 Å². The van der Waals surface area contributed by atoms with E-state index in [4.69, 9.17) is 21.1 Å². The van der Waals surface area contributed by atoms with Gasteiger partial charge >= 0.3 is 0 Å². The van der Waals surface area contributed by atoms with E-state index in [0.29, 0.717) is 22.2 Å². The second-order valence-electron chi connectivity index (χ2n) is 4.88. The summed E-state index contributed by atoms with van der Waals surface area (Å²) in [6, 6.07) is 12.6. The number of benzene rings is 2. The maximum Gasteiger partial charge on any atom is 0.265 e. The Bertz CT molecular complexity index is 673. The summed E-state index contributed by atoms with van der Waals surface area (Å²) < 4.78 is 10.9. The van der Waals surface area contributed by atoms with Crippen LogP contribution >= 0.6 is 11.6 Å². The van der Waals surface area contributed by atoms with Crippen molar-refractivity contribution in [1.82, 2.24) is 0 Å². The normalized spacial score (nSPS) is 11.6. The molecule has 1 amide bonds. The Morgan fingerprint density at radius 1 is 1.18 bits per heavy atom. The highest BCUT2D eigenvalue weighted by Gasteiger charge is 2.17. The number of aryl methyl sites for hydroxylation is 1. The Balaban J connectivity index is 2.07. The minimum atomic E-state index is -0.691. The van der Waals surface area contributed by atoms with Crippen LogP contribution in [0.2, 0.25) is 5.02 Å². The van der Waals surface area contributed by atoms with E-state index >= 15 is 0 Å². The lowest BCUT2D eigenvalue weighted by Crippen LogP contribution is -2.30. The van der Waals surface area contributed by atoms with Crippen molar-refractivity contribution in [2.24, 2.45) is 0 Å². The van der Waals surface area contributed by atoms with Crippen molar-refractivity contribution in [3.05, 3.63) is 53.1 Å². The van der Waals surface area contributed by atoms with E-state index in [1.54, 1.807) is 38.3 Å². The number of ether oxygens (including phenoxy) is 2. The fourth-order valence-corrected chi connectivity index (χ4v) is 2.09. The lowest BCUT2D eigenvalue weighted by atomic mass is 10.2. The van der Waals surface area contributed by atoms with Crippen LogP contribution in [-0.4, -0.2) is 19.1 Å². The van der Waals surface area contributed by atoms with Crippen molar-refractivity contribution in [2.45, 2.75) is 20.0 Å². The van der Waals surface area contributed by atoms with Gasteiger partial charge in [0.25, 0.3) is 5.91 Å². The first-order chi connectivity index (χ1) is 10.5. The third-order valence-corrected chi connectivity index (χ3v) is 3.44. The number of para-hydroxylation sites is 2. The number of hydrogen-bond donors (Lipinski definition) is 1. The zero-order valence-electron chi connectivity index (χ0n) is 12.7. The summed E-state index contributed by atoms with van der Waals surface area (Å²) in [5, 5.41) is 3.26. The molecule has 2 aromatic carbocycles. The maximum atomic E-state index is 12.2. The Kier molecular flexibility index (Phi) is 5.28. The molecule has 116 valence electrons. The standard InChI is InChI=1S/C17H18ClNO3/c1-11-8-9-13(18)16(10-11)22-12(2)17(20)19-14-6-4-5-7-15(14)21-3/h4-10,12H,1-3H3,(H,19,20). The zero-order valence-corrected chi connectivity index (χ0v) is 13.5. The highest BCUT2D eigenvalue weighted by atomic mass is 35.5. The van der Waals surface area contributed by atoms with Crippen molar-refractivity contribution < 1.29 is 14.3 Å². The molecule has 0 aliphatic heterocycles. The smallest absolute Gasteiger partial charge is 0.265 e. The van der Waals surface area contributed by atoms with Gasteiger partial charge in [-0.25, -0.2) is 0 Å². The van der Waals surface area contributed by atoms with Gasteiger partial charge in [0.05, 0.1) is 17.8 Å². The molecule has 0 heterocycles. The van der Waals surface area contributed by atoms with Gasteiger partial charge in [-0.05, 0) is 43.7 Å². The van der Waals surface area contributed by atoms with Gasteiger partial charge in [-0.1, -0.05) is 29.8 Å². The molecule has 1 unspecified atom stereocenters. The number of anilines is 1. The summed E-state index contributed by atoms with van der Waals surface area (Å²) in [5.74, 6) is 0.808. The van der Waals surface area contributed by atoms with Crippen LogP contribution in [0.5, 0.6) is 11.5 Å². The minimum absolute atomic E-state index is 0.276. The van der Waals surface area contributed by atoms with Gasteiger partial charge in [-0.15, -0.1) is 0 Å². The van der Waals surface area contributed by atoms with Crippen molar-refractivity contribution >= 4 is 23.2 Å². The van der Waals surface area contributed by atoms with Gasteiger partial charge in [0.2, 0.25) is 0 Å². The largest absolute Gasteiger partial charge is 0.495 e. The number of carbonyl (C=O) groups is 1. The number of nitrogens with one attached hydrogen (secondary N) is 1. The molecule has 0 saturated carbocycles. The molecule has 0 spiro atoms. The van der Waals surface area contributed by atoms with E-state index < -0.39 is 6.10 Å². The summed E-state index contributed by atoms with van der Waals surface area (Å²) in [6.07, 6.45) is -0.691. The van der Waals surface area contributed by atoms with Gasteiger partial charge in [0.15, 0.2) is 6.10 Å². The fourth-order valence-electron chi connectivity index (χ4n) is 1.93. The number of amides is 1. The van der Waals surface area contributed by atoms with E-state index in [1.165, 1.54) is 0 Å². The topological polar surface area (TPSA) is 47.6 Å². The van der Waals surface area contributed by atoms with E-state index in [0.717, 1.165) is 5.56 Å². The van der Waals surface area contributed by atoms with E-state index in [1.807, 2.05) is 25.1 Å². The molecule has 0 fully saturated rings. The van der Waals surface area contributed by atoms with Crippen LogP contribution < -0.4 is 14.8 Å². The summed E-state index contributed by atoms with van der Waals surface area (Å²) >= 11 is 6.08. The van der Waals surface area contributed by atoms with E-state index in [9.17, 15) is 4.79 Å². The molecular weight excluding hydrogens is 302 g/mol. The second kappa shape index (κ2) is 7.18. The van der Waals surface area contributed by atoms with Crippen molar-refractivity contribution in [3.63, 3.8) is 0 Å². The van der Waals surface area contributed by atoms with Crippen molar-refractivity contribution in [2.75, 3.05) is 12.4 Å². The molecule has 1 atom stereocenters. The maximum absolute atomic E-state index is 12.2. The Labute approximate surface area is 135 Å². The molecule has 0 radical (unpaired) electrons. The monoisotopic (exact) mass is 319 g/mol. The molecule has 0 saturated heterocycles. The molecule has 1 N–H and O–H groups in total. The number of carbonyl (C=O) groups excluding carboxylic acids is 1. The summed E-state index contributed by atoms with van der Waals surface area (Å²) in [4.78, 5) is 12.2. The van der Waals surface area contributed by atoms with Crippen molar-refractivity contribution in [1.29, 1.82) is 0 Å². The quantitative estimate of drug-likeness (QED) is 0.904. The first kappa shape index (κ1) is 16.2. The lowest BCUT2D eigenvalue weighted by molar-refractivity contribution is -0.122. The molecule has 22 heavy (non-hydrogen) atoms. The number of halogens is 1. The van der Waals surface area contributed by atoms with Gasteiger partial charge in [0, 0.05) is 0 Å². The summed E-state index contributed by atoms with van der Waals surface area (Å²) in [5.41, 5.74) is 1.61. The predicted molar refractivity (Wildman–Crippen MR) is 87.9 cm³/mol. The number of rotatable bonds is 5. The molecule has 5 heteroatoms. The van der Waals surface area contributed by atoms with Crippen LogP contribution in [0.3, 0.4) is 0 Å². The van der Waals surface area contributed by atoms with Crippen LogP contribution in [-0.2, 0) is 4.79 Å². The molecular formula is C17H18ClNO3. The number of hydrogen-bond acceptors (Lipinski definition) is 3. The van der Waals surface area contributed by atoms with E-state index in [2.05, 4.69) is 5.32 Å². The first-order valence-corrected chi connectivity index (χ1v) is 7.25. The predicted octanol–water partition coefficient (Wildman–Crippen LogP) is 4.06. The SMILES string of the molecule is COc1ccccc1NC(=O)C(C)Oc1cc(C)ccc1Cl. The molecule has 2 aromatic rings. The lowest BCUT2D eigenvalue weighted by Gasteiger charge is -2.17. The van der Waals surface area contributed by atoms with Gasteiger partial charge in [-0.3, -0.25) is 4.79 Å². The third kappa shape index (κ3) is 3.92. The Hall–Kier alpha value is -2.20. The van der Waals surface area contributed by atoms with Gasteiger partial charge in [0.1, 0.15) is 11.5 Å². The van der Waals surface area contributed by atoms with Crippen LogP contribution in [0.4, 0.5) is 5.69 Å². The highest BCUT2D eigenvalue weighted by Crippen LogP contribution is 2.27. The van der Waals surface area contributed by atoms with Gasteiger partial charge < -0.3 is 14.8 Å². The fraction of sp³-hybridized carbons (Fsp3) is 0.235. The summed E-state index contributed by atoms with van der Waals surface area (Å²) in [7, 11) is 1.55. The highest BCUT2D eigenvalue weighted by molar-refractivity contribution is 6.32.